The number of carbonyl (C=O) groups excluding carboxylic acids is 1. The Bertz CT molecular complexity index is 646. The second-order valence-corrected chi connectivity index (χ2v) is 5.43. The zero-order valence-corrected chi connectivity index (χ0v) is 11.9. The van der Waals surface area contributed by atoms with Gasteiger partial charge in [0.2, 0.25) is 11.9 Å². The molecule has 2 aromatic carbocycles. The van der Waals surface area contributed by atoms with Crippen LogP contribution in [0.1, 0.15) is 24.0 Å². The highest BCUT2D eigenvalue weighted by Crippen LogP contribution is 2.38. The maximum Gasteiger partial charge on any atom is 0.244 e. The van der Waals surface area contributed by atoms with Crippen molar-refractivity contribution in [2.24, 2.45) is 0 Å². The standard InChI is InChI=1S/C17H16N2O3/c20-16-12-11-15(19(21)22)17(18-16,13-7-3-1-4-8-13)14-9-5-2-6-10-14/h1-10,15H,11-12H2,(H,18,20). The van der Waals surface area contributed by atoms with Crippen molar-refractivity contribution in [1.29, 1.82) is 0 Å². The fourth-order valence-electron chi connectivity index (χ4n) is 3.21. The van der Waals surface area contributed by atoms with E-state index in [1.807, 2.05) is 60.7 Å². The van der Waals surface area contributed by atoms with E-state index in [9.17, 15) is 14.9 Å². The molecule has 1 heterocycles. The van der Waals surface area contributed by atoms with Crippen molar-refractivity contribution < 1.29 is 9.72 Å². The van der Waals surface area contributed by atoms with E-state index in [2.05, 4.69) is 5.32 Å². The topological polar surface area (TPSA) is 72.2 Å². The Hall–Kier alpha value is -2.69. The third-order valence-corrected chi connectivity index (χ3v) is 4.19. The van der Waals surface area contributed by atoms with Gasteiger partial charge in [0.25, 0.3) is 0 Å². The first kappa shape index (κ1) is 14.3. The summed E-state index contributed by atoms with van der Waals surface area (Å²) in [5.74, 6) is -0.161. The first-order valence-electron chi connectivity index (χ1n) is 7.20. The molecule has 0 spiro atoms. The molecule has 0 aliphatic carbocycles. The largest absolute Gasteiger partial charge is 0.336 e. The van der Waals surface area contributed by atoms with Gasteiger partial charge in [0.05, 0.1) is 0 Å². The average Bonchev–Trinajstić information content (AvgIpc) is 2.56. The molecule has 1 saturated heterocycles. The van der Waals surface area contributed by atoms with Gasteiger partial charge in [-0.15, -0.1) is 0 Å². The number of benzene rings is 2. The molecule has 112 valence electrons. The molecule has 1 amide bonds. The number of rotatable bonds is 3. The van der Waals surface area contributed by atoms with Gasteiger partial charge in [-0.25, -0.2) is 0 Å². The molecule has 0 aromatic heterocycles. The van der Waals surface area contributed by atoms with Crippen LogP contribution in [0.15, 0.2) is 60.7 Å². The maximum atomic E-state index is 12.1. The molecule has 1 fully saturated rings. The molecule has 1 aliphatic rings. The summed E-state index contributed by atoms with van der Waals surface area (Å²) in [4.78, 5) is 23.5. The lowest BCUT2D eigenvalue weighted by molar-refractivity contribution is -0.536. The Morgan fingerprint density at radius 2 is 1.50 bits per heavy atom. The van der Waals surface area contributed by atoms with Crippen molar-refractivity contribution in [2.45, 2.75) is 24.4 Å². The van der Waals surface area contributed by atoms with E-state index in [1.54, 1.807) is 0 Å². The normalized spacial score (nSPS) is 20.2. The fraction of sp³-hybridized carbons (Fsp3) is 0.235. The third kappa shape index (κ3) is 2.24. The number of amides is 1. The zero-order chi connectivity index (χ0) is 15.6. The summed E-state index contributed by atoms with van der Waals surface area (Å²) in [5, 5.41) is 14.6. The van der Waals surface area contributed by atoms with Crippen molar-refractivity contribution >= 4 is 5.91 Å². The van der Waals surface area contributed by atoms with Gasteiger partial charge in [-0.05, 0) is 11.1 Å². The number of hydrogen-bond donors (Lipinski definition) is 1. The van der Waals surface area contributed by atoms with Crippen LogP contribution >= 0.6 is 0 Å². The Labute approximate surface area is 128 Å². The predicted octanol–water partition coefficient (Wildman–Crippen LogP) is 2.49. The zero-order valence-electron chi connectivity index (χ0n) is 11.9. The summed E-state index contributed by atoms with van der Waals surface area (Å²) in [5.41, 5.74) is 0.341. The van der Waals surface area contributed by atoms with E-state index in [0.717, 1.165) is 11.1 Å². The van der Waals surface area contributed by atoms with E-state index >= 15 is 0 Å². The number of nitrogens with one attached hydrogen (secondary N) is 1. The predicted molar refractivity (Wildman–Crippen MR) is 81.8 cm³/mol. The van der Waals surface area contributed by atoms with Gasteiger partial charge in [0.1, 0.15) is 0 Å². The smallest absolute Gasteiger partial charge is 0.244 e. The van der Waals surface area contributed by atoms with Gasteiger partial charge in [0.15, 0.2) is 5.54 Å². The number of nitro groups is 1. The molecule has 0 radical (unpaired) electrons. The highest BCUT2D eigenvalue weighted by Gasteiger charge is 2.53. The monoisotopic (exact) mass is 296 g/mol. The lowest BCUT2D eigenvalue weighted by Gasteiger charge is -2.40. The van der Waals surface area contributed by atoms with Gasteiger partial charge < -0.3 is 5.32 Å². The van der Waals surface area contributed by atoms with Crippen LogP contribution in [0.25, 0.3) is 0 Å². The first-order chi connectivity index (χ1) is 10.6. The SMILES string of the molecule is O=C1CCC([N+](=O)[O-])C(c2ccccc2)(c2ccccc2)N1. The van der Waals surface area contributed by atoms with Crippen molar-refractivity contribution in [3.05, 3.63) is 81.9 Å². The third-order valence-electron chi connectivity index (χ3n) is 4.19. The minimum absolute atomic E-state index is 0.161. The van der Waals surface area contributed by atoms with Crippen LogP contribution in [-0.2, 0) is 10.3 Å². The number of hydrogen-bond acceptors (Lipinski definition) is 3. The summed E-state index contributed by atoms with van der Waals surface area (Å²) in [7, 11) is 0. The van der Waals surface area contributed by atoms with Gasteiger partial charge in [0, 0.05) is 17.8 Å². The van der Waals surface area contributed by atoms with Gasteiger partial charge in [-0.1, -0.05) is 60.7 Å². The lowest BCUT2D eigenvalue weighted by Crippen LogP contribution is -2.60. The molecule has 1 atom stereocenters. The summed E-state index contributed by atoms with van der Waals surface area (Å²) in [6.07, 6.45) is 0.398. The van der Waals surface area contributed by atoms with E-state index in [4.69, 9.17) is 0 Å². The minimum atomic E-state index is -1.12. The van der Waals surface area contributed by atoms with Crippen LogP contribution in [0.2, 0.25) is 0 Å². The van der Waals surface area contributed by atoms with Crippen LogP contribution in [0.3, 0.4) is 0 Å². The molecule has 3 rings (SSSR count). The molecule has 1 unspecified atom stereocenters. The fourth-order valence-corrected chi connectivity index (χ4v) is 3.21. The van der Waals surface area contributed by atoms with Crippen LogP contribution in [-0.4, -0.2) is 16.9 Å². The van der Waals surface area contributed by atoms with Crippen LogP contribution in [0, 0.1) is 10.1 Å². The average molecular weight is 296 g/mol. The molecule has 1 aliphatic heterocycles. The quantitative estimate of drug-likeness (QED) is 0.698. The summed E-state index contributed by atoms with van der Waals surface area (Å²) in [6, 6.07) is 17.5. The van der Waals surface area contributed by atoms with Gasteiger partial charge in [-0.3, -0.25) is 14.9 Å². The van der Waals surface area contributed by atoms with Gasteiger partial charge >= 0.3 is 0 Å². The molecule has 0 saturated carbocycles. The van der Waals surface area contributed by atoms with E-state index in [-0.39, 0.29) is 23.7 Å². The Kier molecular flexibility index (Phi) is 3.63. The van der Waals surface area contributed by atoms with Crippen molar-refractivity contribution in [2.75, 3.05) is 0 Å². The molecular weight excluding hydrogens is 280 g/mol. The minimum Gasteiger partial charge on any atom is -0.336 e. The molecule has 2 aromatic rings. The number of nitrogens with zero attached hydrogens (tertiary/aromatic N) is 1. The second kappa shape index (κ2) is 5.60. The van der Waals surface area contributed by atoms with E-state index < -0.39 is 11.6 Å². The van der Waals surface area contributed by atoms with Crippen molar-refractivity contribution in [1.82, 2.24) is 5.32 Å². The lowest BCUT2D eigenvalue weighted by atomic mass is 9.73. The van der Waals surface area contributed by atoms with Crippen LogP contribution < -0.4 is 5.32 Å². The maximum absolute atomic E-state index is 12.1. The summed E-state index contributed by atoms with van der Waals surface area (Å²) >= 11 is 0. The Balaban J connectivity index is 2.25. The van der Waals surface area contributed by atoms with E-state index in [0.29, 0.717) is 0 Å². The molecular formula is C17H16N2O3. The second-order valence-electron chi connectivity index (χ2n) is 5.43. The Morgan fingerprint density at radius 1 is 1.00 bits per heavy atom. The van der Waals surface area contributed by atoms with Crippen molar-refractivity contribution in [3.8, 4) is 0 Å². The number of carbonyl (C=O) groups is 1. The highest BCUT2D eigenvalue weighted by molar-refractivity contribution is 5.79. The highest BCUT2D eigenvalue weighted by atomic mass is 16.6. The number of piperidine rings is 1. The van der Waals surface area contributed by atoms with E-state index in [1.165, 1.54) is 0 Å². The molecule has 1 N–H and O–H groups in total. The van der Waals surface area contributed by atoms with Gasteiger partial charge in [-0.2, -0.15) is 0 Å². The molecule has 5 nitrogen and oxygen atoms in total. The van der Waals surface area contributed by atoms with Crippen LogP contribution in [0.4, 0.5) is 0 Å². The van der Waals surface area contributed by atoms with Crippen molar-refractivity contribution in [3.63, 3.8) is 0 Å². The summed E-state index contributed by atoms with van der Waals surface area (Å²) in [6.45, 7) is 0. The summed E-state index contributed by atoms with van der Waals surface area (Å²) < 4.78 is 0. The molecule has 5 heteroatoms. The molecule has 22 heavy (non-hydrogen) atoms. The molecule has 0 bridgehead atoms. The first-order valence-corrected chi connectivity index (χ1v) is 7.20. The Morgan fingerprint density at radius 3 is 1.95 bits per heavy atom. The van der Waals surface area contributed by atoms with Crippen LogP contribution in [0.5, 0.6) is 0 Å².